The fourth-order valence-corrected chi connectivity index (χ4v) is 4.34. The van der Waals surface area contributed by atoms with Crippen LogP contribution in [0.4, 0.5) is 8.78 Å². The topological polar surface area (TPSA) is 121 Å². The molecule has 0 radical (unpaired) electrons. The van der Waals surface area contributed by atoms with Gasteiger partial charge in [0.15, 0.2) is 0 Å². The van der Waals surface area contributed by atoms with E-state index in [1.165, 1.54) is 36.4 Å². The molecule has 0 saturated heterocycles. The van der Waals surface area contributed by atoms with Crippen LogP contribution in [0.2, 0.25) is 0 Å². The molecule has 6 nitrogen and oxygen atoms in total. The average molecular weight is 418 g/mol. The SMILES string of the molecule is N#CC(C#N)=C1c2cc(F)ccc2-c2nc3c(nc21)-c1ccc(F)cc1C3C(C#N)C#N. The van der Waals surface area contributed by atoms with Gasteiger partial charge in [-0.2, -0.15) is 21.0 Å². The van der Waals surface area contributed by atoms with Gasteiger partial charge in [-0.25, -0.2) is 18.7 Å². The van der Waals surface area contributed by atoms with Gasteiger partial charge in [0.1, 0.15) is 35.3 Å². The van der Waals surface area contributed by atoms with Crippen LogP contribution in [0.15, 0.2) is 42.0 Å². The van der Waals surface area contributed by atoms with Crippen LogP contribution in [0.3, 0.4) is 0 Å². The van der Waals surface area contributed by atoms with E-state index >= 15 is 0 Å². The predicted octanol–water partition coefficient (Wildman–Crippen LogP) is 4.36. The summed E-state index contributed by atoms with van der Waals surface area (Å²) in [6.45, 7) is 0. The van der Waals surface area contributed by atoms with E-state index in [4.69, 9.17) is 0 Å². The van der Waals surface area contributed by atoms with Gasteiger partial charge in [-0.3, -0.25) is 0 Å². The molecule has 1 atom stereocenters. The van der Waals surface area contributed by atoms with Crippen LogP contribution in [0.5, 0.6) is 0 Å². The summed E-state index contributed by atoms with van der Waals surface area (Å²) in [6.07, 6.45) is 0. The second-order valence-electron chi connectivity index (χ2n) is 7.26. The largest absolute Gasteiger partial charge is 0.247 e. The minimum atomic E-state index is -1.14. The first-order valence-electron chi connectivity index (χ1n) is 9.38. The zero-order valence-corrected chi connectivity index (χ0v) is 16.1. The molecule has 2 aliphatic carbocycles. The summed E-state index contributed by atoms with van der Waals surface area (Å²) in [7, 11) is 0. The molecule has 1 heterocycles. The molecule has 3 aromatic rings. The fourth-order valence-electron chi connectivity index (χ4n) is 4.34. The lowest BCUT2D eigenvalue weighted by molar-refractivity contribution is 0.620. The number of allylic oxidation sites excluding steroid dienone is 1. The van der Waals surface area contributed by atoms with E-state index < -0.39 is 23.5 Å². The number of nitriles is 4. The maximum atomic E-state index is 14.0. The highest BCUT2D eigenvalue weighted by Gasteiger charge is 2.41. The Bertz CT molecular complexity index is 1530. The fraction of sp³-hybridized carbons (Fsp3) is 0.0833. The second-order valence-corrected chi connectivity index (χ2v) is 7.26. The number of hydrogen-bond acceptors (Lipinski definition) is 6. The number of aromatic nitrogens is 2. The number of halogens is 2. The standard InChI is InChI=1S/C24H8F2N6/c25-13-1-3-15-17(5-13)19(11(7-27)8-28)23-21(15)31-24-20(12(9-29)10-30)18-6-14(26)2-4-16(18)22(24)32-23/h1-6,11,19H. The van der Waals surface area contributed by atoms with Crippen molar-refractivity contribution in [2.45, 2.75) is 5.92 Å². The van der Waals surface area contributed by atoms with Gasteiger partial charge in [-0.05, 0) is 47.5 Å². The normalized spacial score (nSPS) is 14.3. The molecule has 32 heavy (non-hydrogen) atoms. The summed E-state index contributed by atoms with van der Waals surface area (Å²) in [5.74, 6) is -3.04. The minimum Gasteiger partial charge on any atom is -0.247 e. The molecule has 0 fully saturated rings. The van der Waals surface area contributed by atoms with Gasteiger partial charge < -0.3 is 0 Å². The Morgan fingerprint density at radius 1 is 0.781 bits per heavy atom. The first kappa shape index (κ1) is 19.1. The molecule has 0 aliphatic heterocycles. The van der Waals surface area contributed by atoms with Crippen molar-refractivity contribution in [2.24, 2.45) is 5.92 Å². The molecule has 148 valence electrons. The van der Waals surface area contributed by atoms with Crippen molar-refractivity contribution >= 4 is 5.57 Å². The molecule has 2 aromatic carbocycles. The van der Waals surface area contributed by atoms with Crippen molar-refractivity contribution in [2.75, 3.05) is 0 Å². The Kier molecular flexibility index (Phi) is 4.06. The Labute approximate surface area is 180 Å². The summed E-state index contributed by atoms with van der Waals surface area (Å²) >= 11 is 0. The van der Waals surface area contributed by atoms with Crippen LogP contribution in [0.25, 0.3) is 28.1 Å². The summed E-state index contributed by atoms with van der Waals surface area (Å²) in [6, 6.07) is 15.4. The Morgan fingerprint density at radius 3 is 2.09 bits per heavy atom. The second kappa shape index (κ2) is 6.81. The molecule has 0 saturated carbocycles. The minimum absolute atomic E-state index is 0.166. The zero-order chi connectivity index (χ0) is 22.6. The zero-order valence-electron chi connectivity index (χ0n) is 16.1. The predicted molar refractivity (Wildman–Crippen MR) is 107 cm³/mol. The van der Waals surface area contributed by atoms with Crippen molar-refractivity contribution in [1.29, 1.82) is 21.0 Å². The lowest BCUT2D eigenvalue weighted by Gasteiger charge is -2.13. The first-order valence-corrected chi connectivity index (χ1v) is 9.38. The smallest absolute Gasteiger partial charge is 0.145 e. The van der Waals surface area contributed by atoms with E-state index in [2.05, 4.69) is 9.97 Å². The van der Waals surface area contributed by atoms with Gasteiger partial charge in [0.2, 0.25) is 0 Å². The number of fused-ring (bicyclic) bond motifs is 6. The van der Waals surface area contributed by atoms with Crippen molar-refractivity contribution in [3.63, 3.8) is 0 Å². The summed E-state index contributed by atoms with van der Waals surface area (Å²) in [5, 5.41) is 38.0. The monoisotopic (exact) mass is 418 g/mol. The summed E-state index contributed by atoms with van der Waals surface area (Å²) < 4.78 is 28.1. The van der Waals surface area contributed by atoms with E-state index in [-0.39, 0.29) is 16.8 Å². The molecule has 0 spiro atoms. The van der Waals surface area contributed by atoms with Crippen LogP contribution in [-0.4, -0.2) is 9.97 Å². The molecule has 2 aliphatic rings. The van der Waals surface area contributed by atoms with Crippen molar-refractivity contribution in [3.8, 4) is 46.8 Å². The first-order chi connectivity index (χ1) is 15.5. The molecule has 0 amide bonds. The van der Waals surface area contributed by atoms with Gasteiger partial charge in [0.25, 0.3) is 0 Å². The van der Waals surface area contributed by atoms with Crippen LogP contribution in [0, 0.1) is 62.9 Å². The molecule has 8 heteroatoms. The molecular formula is C24H8F2N6. The molecule has 1 aromatic heterocycles. The van der Waals surface area contributed by atoms with E-state index in [0.29, 0.717) is 39.3 Å². The highest BCUT2D eigenvalue weighted by molar-refractivity contribution is 6.02. The summed E-state index contributed by atoms with van der Waals surface area (Å²) in [5.41, 5.74) is 2.83. The van der Waals surface area contributed by atoms with Crippen molar-refractivity contribution < 1.29 is 8.78 Å². The van der Waals surface area contributed by atoms with Gasteiger partial charge in [-0.1, -0.05) is 0 Å². The van der Waals surface area contributed by atoms with Crippen LogP contribution in [-0.2, 0) is 0 Å². The highest BCUT2D eigenvalue weighted by atomic mass is 19.1. The Balaban J connectivity index is 1.88. The highest BCUT2D eigenvalue weighted by Crippen LogP contribution is 2.51. The van der Waals surface area contributed by atoms with Crippen molar-refractivity contribution in [1.82, 2.24) is 9.97 Å². The Hall–Kier alpha value is -4.92. The quantitative estimate of drug-likeness (QED) is 0.424. The van der Waals surface area contributed by atoms with E-state index in [1.807, 2.05) is 24.3 Å². The molecule has 0 bridgehead atoms. The van der Waals surface area contributed by atoms with Gasteiger partial charge in [0.05, 0.1) is 40.8 Å². The van der Waals surface area contributed by atoms with Crippen molar-refractivity contribution in [3.05, 3.63) is 76.1 Å². The maximum Gasteiger partial charge on any atom is 0.145 e. The maximum absolute atomic E-state index is 14.0. The van der Waals surface area contributed by atoms with E-state index in [9.17, 15) is 29.8 Å². The lowest BCUT2D eigenvalue weighted by Crippen LogP contribution is -2.11. The average Bonchev–Trinajstić information content (AvgIpc) is 3.26. The van der Waals surface area contributed by atoms with Gasteiger partial charge in [-0.15, -0.1) is 0 Å². The summed E-state index contributed by atoms with van der Waals surface area (Å²) in [4.78, 5) is 9.35. The van der Waals surface area contributed by atoms with Crippen LogP contribution >= 0.6 is 0 Å². The Morgan fingerprint density at radius 2 is 1.44 bits per heavy atom. The van der Waals surface area contributed by atoms with E-state index in [1.54, 1.807) is 0 Å². The molecule has 1 unspecified atom stereocenters. The number of hydrogen-bond donors (Lipinski definition) is 0. The third kappa shape index (κ3) is 2.45. The van der Waals surface area contributed by atoms with Crippen LogP contribution < -0.4 is 0 Å². The lowest BCUT2D eigenvalue weighted by atomic mass is 9.88. The third-order valence-corrected chi connectivity index (χ3v) is 5.65. The van der Waals surface area contributed by atoms with Gasteiger partial charge in [0, 0.05) is 16.7 Å². The third-order valence-electron chi connectivity index (χ3n) is 5.65. The van der Waals surface area contributed by atoms with E-state index in [0.717, 1.165) is 0 Å². The van der Waals surface area contributed by atoms with Gasteiger partial charge >= 0.3 is 0 Å². The molecular weight excluding hydrogens is 410 g/mol. The number of nitrogens with zero attached hydrogens (tertiary/aromatic N) is 6. The number of rotatable bonds is 1. The molecule has 0 N–H and O–H groups in total. The number of benzene rings is 2. The molecule has 5 rings (SSSR count). The van der Waals surface area contributed by atoms with Crippen LogP contribution in [0.1, 0.15) is 28.4 Å².